The van der Waals surface area contributed by atoms with Crippen molar-refractivity contribution in [2.24, 2.45) is 0 Å². The van der Waals surface area contributed by atoms with Crippen molar-refractivity contribution in [3.63, 3.8) is 0 Å². The lowest BCUT2D eigenvalue weighted by atomic mass is 9.97. The number of aliphatic hydroxyl groups is 3. The van der Waals surface area contributed by atoms with Crippen LogP contribution in [0.3, 0.4) is 0 Å². The Morgan fingerprint density at radius 1 is 0.943 bits per heavy atom. The molecule has 0 radical (unpaired) electrons. The Balaban J connectivity index is 1.56. The molecule has 2 heterocycles. The summed E-state index contributed by atoms with van der Waals surface area (Å²) >= 11 is 0. The highest BCUT2D eigenvalue weighted by Gasteiger charge is 2.36. The maximum absolute atomic E-state index is 12.6. The van der Waals surface area contributed by atoms with Gasteiger partial charge in [0.05, 0.1) is 18.7 Å². The number of phosphoric ester groups is 1. The molecule has 2 aromatic rings. The Hall–Kier alpha value is -5.16. The second-order valence-electron chi connectivity index (χ2n) is 11.8. The summed E-state index contributed by atoms with van der Waals surface area (Å²) in [6.07, 6.45) is -10.2. The van der Waals surface area contributed by atoms with Crippen LogP contribution in [0.2, 0.25) is 0 Å². The smallest absolute Gasteiger partial charge is 0.473 e. The number of anilines is 2. The van der Waals surface area contributed by atoms with Gasteiger partial charge in [-0.1, -0.05) is 6.07 Å². The molecular weight excluding hydrogens is 737 g/mol. The zero-order valence-electron chi connectivity index (χ0n) is 27.7. The van der Waals surface area contributed by atoms with Crippen LogP contribution in [-0.2, 0) is 44.0 Å². The molecule has 1 aromatic carbocycles. The normalized spacial score (nSPS) is 16.7. The highest BCUT2D eigenvalue weighted by molar-refractivity contribution is 7.47. The average molecular weight is 776 g/mol. The number of rotatable bonds is 20. The molecule has 53 heavy (non-hydrogen) atoms. The number of aromatic nitrogens is 2. The van der Waals surface area contributed by atoms with E-state index in [0.717, 1.165) is 6.92 Å². The van der Waals surface area contributed by atoms with Crippen molar-refractivity contribution in [1.29, 1.82) is 0 Å². The molecule has 0 aliphatic carbocycles. The summed E-state index contributed by atoms with van der Waals surface area (Å²) in [6.45, 7) is -0.839. The fourth-order valence-electron chi connectivity index (χ4n) is 5.06. The lowest BCUT2D eigenvalue weighted by Crippen LogP contribution is -2.47. The number of benzene rings is 1. The number of aromatic amines is 2. The molecule has 0 spiro atoms. The first-order valence-corrected chi connectivity index (χ1v) is 17.1. The van der Waals surface area contributed by atoms with Crippen LogP contribution in [0.15, 0.2) is 27.8 Å². The number of H-pyrrole nitrogens is 2. The number of aliphatic carboxylic acids is 3. The number of phosphoric acid groups is 1. The summed E-state index contributed by atoms with van der Waals surface area (Å²) in [5, 5.41) is 73.2. The zero-order chi connectivity index (χ0) is 39.8. The van der Waals surface area contributed by atoms with E-state index in [1.807, 2.05) is 10.6 Å². The predicted octanol–water partition coefficient (Wildman–Crippen LogP) is -2.80. The number of β-amino-alcohol motifs (C(OH)–C–C–N with tert-alkyl or cyclic N) is 1. The highest BCUT2D eigenvalue weighted by atomic mass is 31.2. The van der Waals surface area contributed by atoms with Gasteiger partial charge in [0, 0.05) is 31.0 Å². The molecule has 24 heteroatoms. The maximum atomic E-state index is 12.6. The summed E-state index contributed by atoms with van der Waals surface area (Å²) in [7, 11) is -5.24. The highest BCUT2D eigenvalue weighted by Crippen LogP contribution is 2.45. The van der Waals surface area contributed by atoms with Crippen LogP contribution in [0.1, 0.15) is 43.7 Å². The van der Waals surface area contributed by atoms with Crippen LogP contribution in [-0.4, -0.2) is 130 Å². The summed E-state index contributed by atoms with van der Waals surface area (Å²) < 4.78 is 21.9. The van der Waals surface area contributed by atoms with E-state index in [1.54, 1.807) is 0 Å². The number of aliphatic hydroxyl groups excluding tert-OH is 3. The lowest BCUT2D eigenvalue weighted by molar-refractivity contribution is -0.144. The lowest BCUT2D eigenvalue weighted by Gasteiger charge is -2.35. The summed E-state index contributed by atoms with van der Waals surface area (Å²) in [6, 6.07) is 0.745. The topological polar surface area (TPSA) is 376 Å². The first-order chi connectivity index (χ1) is 24.7. The Bertz CT molecular complexity index is 1870. The monoisotopic (exact) mass is 775 g/mol. The molecule has 1 aromatic heterocycles. The van der Waals surface area contributed by atoms with Crippen LogP contribution < -0.4 is 26.8 Å². The molecule has 0 fully saturated rings. The fraction of sp³-hybridized carbons (Fsp3) is 0.483. The van der Waals surface area contributed by atoms with Gasteiger partial charge in [0.1, 0.15) is 48.1 Å². The summed E-state index contributed by atoms with van der Waals surface area (Å²) in [5.41, 5.74) is -0.807. The number of nitrogens with one attached hydrogen (secondary N) is 4. The van der Waals surface area contributed by atoms with E-state index in [4.69, 9.17) is 14.7 Å². The third kappa shape index (κ3) is 11.9. The van der Waals surface area contributed by atoms with Gasteiger partial charge in [0.25, 0.3) is 5.56 Å². The Morgan fingerprint density at radius 3 is 2.19 bits per heavy atom. The predicted molar refractivity (Wildman–Crippen MR) is 175 cm³/mol. The molecule has 0 saturated heterocycles. The first kappa shape index (κ1) is 42.3. The second kappa shape index (κ2) is 18.1. The van der Waals surface area contributed by atoms with E-state index < -0.39 is 124 Å². The third-order valence-corrected chi connectivity index (χ3v) is 8.86. The van der Waals surface area contributed by atoms with Gasteiger partial charge >= 0.3 is 31.4 Å². The van der Waals surface area contributed by atoms with Gasteiger partial charge in [-0.15, -0.1) is 0 Å². The fourth-order valence-corrected chi connectivity index (χ4v) is 5.96. The molecule has 1 aliphatic rings. The van der Waals surface area contributed by atoms with Crippen molar-refractivity contribution >= 4 is 49.1 Å². The minimum Gasteiger partial charge on any atom is -0.508 e. The number of phenolic OH excluding ortho intramolecular Hbond substituents is 1. The molecule has 0 bridgehead atoms. The van der Waals surface area contributed by atoms with E-state index in [-0.39, 0.29) is 29.2 Å². The number of amides is 2. The first-order valence-electron chi connectivity index (χ1n) is 15.6. The molecule has 4 unspecified atom stereocenters. The molecule has 0 saturated carbocycles. The van der Waals surface area contributed by atoms with Gasteiger partial charge in [-0.05, 0) is 31.4 Å². The van der Waals surface area contributed by atoms with Crippen LogP contribution in [0, 0.1) is 0 Å². The van der Waals surface area contributed by atoms with Crippen molar-refractivity contribution < 1.29 is 78.2 Å². The number of hydrogen-bond acceptors (Lipinski definition) is 15. The number of carboxylic acid groups (broad SMARTS) is 3. The number of carboxylic acids is 3. The van der Waals surface area contributed by atoms with Gasteiger partial charge in [-0.25, -0.2) is 18.9 Å². The molecule has 292 valence electrons. The third-order valence-electron chi connectivity index (χ3n) is 7.80. The number of fused-ring (bicyclic) bond motifs is 2. The maximum Gasteiger partial charge on any atom is 0.473 e. The molecule has 1 aliphatic heterocycles. The van der Waals surface area contributed by atoms with Gasteiger partial charge < -0.3 is 56.2 Å². The zero-order valence-corrected chi connectivity index (χ0v) is 28.6. The summed E-state index contributed by atoms with van der Waals surface area (Å²) in [5.74, 6) is -7.02. The van der Waals surface area contributed by atoms with E-state index >= 15 is 0 Å². The van der Waals surface area contributed by atoms with Gasteiger partial charge in [-0.2, -0.15) is 0 Å². The van der Waals surface area contributed by atoms with Crippen LogP contribution in [0.25, 0.3) is 0 Å². The largest absolute Gasteiger partial charge is 0.508 e. The van der Waals surface area contributed by atoms with Gasteiger partial charge in [0.2, 0.25) is 11.8 Å². The Kier molecular flexibility index (Phi) is 14.4. The molecule has 23 nitrogen and oxygen atoms in total. The molecule has 2 amide bonds. The molecule has 3 rings (SSSR count). The minimum atomic E-state index is -5.24. The number of hydrogen-bond donors (Lipinski definition) is 12. The van der Waals surface area contributed by atoms with Crippen LogP contribution in [0.4, 0.5) is 11.5 Å². The minimum absolute atomic E-state index is 0.0333. The number of nitrogens with zero attached hydrogens (tertiary/aromatic N) is 1. The molecule has 12 N–H and O–H groups in total. The number of carbonyl (C=O) groups excluding carboxylic acids is 2. The second-order valence-corrected chi connectivity index (χ2v) is 13.2. The standard InChI is InChI=1S/C29H38N5O18P/c1-12(25(42)31-17(28(46)47)4-6-21(38)30-16(27(44)45)5-7-22(39)40)52-53(49,50)51-11-20(37)23(41)19(36)10-34-18-9-14(35)3-2-13(18)8-15-24(34)32-29(48)33-26(15)43/h2-3,9,12,16-17,19-20,23,35-37,41H,4-8,10-11H2,1H3,(H,30,38)(H,31,42)(H,39,40)(H,44,45)(H,46,47)(H,49,50)(H2,32,33,43,48)/t12-,16-,17+,19?,20?,23?/m0/s1. The van der Waals surface area contributed by atoms with Gasteiger partial charge in [-0.3, -0.25) is 38.2 Å². The van der Waals surface area contributed by atoms with Crippen molar-refractivity contribution in [3.05, 3.63) is 50.2 Å². The Morgan fingerprint density at radius 2 is 1.57 bits per heavy atom. The van der Waals surface area contributed by atoms with Crippen molar-refractivity contribution in [3.8, 4) is 5.75 Å². The summed E-state index contributed by atoms with van der Waals surface area (Å²) in [4.78, 5) is 98.6. The quantitative estimate of drug-likeness (QED) is 0.0604. The van der Waals surface area contributed by atoms with Crippen molar-refractivity contribution in [2.75, 3.05) is 18.1 Å². The van der Waals surface area contributed by atoms with E-state index in [2.05, 4.69) is 14.5 Å². The van der Waals surface area contributed by atoms with Gasteiger partial charge in [0.15, 0.2) is 0 Å². The Labute approximate surface area is 297 Å². The van der Waals surface area contributed by atoms with E-state index in [9.17, 15) is 68.6 Å². The molecular formula is C29H38N5O18P. The van der Waals surface area contributed by atoms with Crippen LogP contribution in [0.5, 0.6) is 5.75 Å². The SMILES string of the molecule is C[C@H](OP(=O)(O)OCC(O)C(O)C(O)CN1c2cc(O)ccc2Cc2c1[nH]c(=O)[nH]c2=O)C(=O)N[C@H](CCC(=O)N[C@@H](CCC(=O)O)C(=O)O)C(=O)O. The number of aromatic hydroxyl groups is 1. The van der Waals surface area contributed by atoms with Crippen molar-refractivity contribution in [2.45, 2.75) is 75.5 Å². The number of phenols is 1. The van der Waals surface area contributed by atoms with Crippen molar-refractivity contribution in [1.82, 2.24) is 20.6 Å². The van der Waals surface area contributed by atoms with Crippen LogP contribution >= 0.6 is 7.82 Å². The molecule has 7 atom stereocenters. The van der Waals surface area contributed by atoms with E-state index in [0.29, 0.717) is 5.56 Å². The number of carbonyl (C=O) groups is 5. The van der Waals surface area contributed by atoms with E-state index in [1.165, 1.54) is 23.1 Å². The average Bonchev–Trinajstić information content (AvgIpc) is 3.06.